The molecule has 27 heavy (non-hydrogen) atoms. The van der Waals surface area contributed by atoms with Gasteiger partial charge in [0.15, 0.2) is 11.2 Å². The minimum absolute atomic E-state index is 0.163. The Labute approximate surface area is 156 Å². The van der Waals surface area contributed by atoms with Crippen LogP contribution in [0.15, 0.2) is 46.2 Å². The van der Waals surface area contributed by atoms with Gasteiger partial charge in [-0.1, -0.05) is 43.7 Å². The minimum Gasteiger partial charge on any atom is -0.348 e. The number of hydrogen-bond donors (Lipinski definition) is 1. The highest BCUT2D eigenvalue weighted by Gasteiger charge is 2.19. The Balaban J connectivity index is 1.91. The van der Waals surface area contributed by atoms with Crippen LogP contribution in [0, 0.1) is 0 Å². The van der Waals surface area contributed by atoms with Crippen molar-refractivity contribution in [2.24, 2.45) is 14.1 Å². The molecule has 2 heterocycles. The van der Waals surface area contributed by atoms with Crippen molar-refractivity contribution < 1.29 is 4.79 Å². The van der Waals surface area contributed by atoms with Crippen LogP contribution >= 0.6 is 0 Å². The van der Waals surface area contributed by atoms with E-state index in [0.29, 0.717) is 5.65 Å². The second kappa shape index (κ2) is 7.61. The first-order valence-corrected chi connectivity index (χ1v) is 8.89. The lowest BCUT2D eigenvalue weighted by Crippen LogP contribution is -2.44. The van der Waals surface area contributed by atoms with Gasteiger partial charge in [0.1, 0.15) is 6.54 Å². The summed E-state index contributed by atoms with van der Waals surface area (Å²) in [5.74, 6) is -0.377. The van der Waals surface area contributed by atoms with E-state index in [1.807, 2.05) is 37.3 Å². The van der Waals surface area contributed by atoms with Gasteiger partial charge in [-0.2, -0.15) is 0 Å². The Morgan fingerprint density at radius 1 is 1.19 bits per heavy atom. The number of carbonyl (C=O) groups is 1. The van der Waals surface area contributed by atoms with Crippen LogP contribution in [0.4, 0.5) is 0 Å². The molecule has 0 aliphatic carbocycles. The number of fused-ring (bicyclic) bond motifs is 1. The summed E-state index contributed by atoms with van der Waals surface area (Å²) < 4.78 is 3.79. The van der Waals surface area contributed by atoms with Gasteiger partial charge in [0, 0.05) is 14.1 Å². The Hall–Kier alpha value is -3.16. The fraction of sp³-hybridized carbons (Fsp3) is 0.368. The molecule has 1 atom stereocenters. The van der Waals surface area contributed by atoms with Gasteiger partial charge < -0.3 is 9.88 Å². The first-order chi connectivity index (χ1) is 12.9. The SMILES string of the molecule is CCC[C@@H](NC(=O)Cn1c(=O)c2c(ncn2C)n(C)c1=O)c1ccccc1. The van der Waals surface area contributed by atoms with Crippen molar-refractivity contribution in [1.29, 1.82) is 0 Å². The van der Waals surface area contributed by atoms with Crippen molar-refractivity contribution >= 4 is 17.1 Å². The second-order valence-electron chi connectivity index (χ2n) is 6.58. The number of aromatic nitrogens is 4. The molecular formula is C19H23N5O3. The monoisotopic (exact) mass is 369 g/mol. The number of hydrogen-bond acceptors (Lipinski definition) is 4. The third kappa shape index (κ3) is 3.55. The topological polar surface area (TPSA) is 90.9 Å². The zero-order valence-corrected chi connectivity index (χ0v) is 15.7. The van der Waals surface area contributed by atoms with Crippen LogP contribution in [0.1, 0.15) is 31.4 Å². The van der Waals surface area contributed by atoms with Crippen LogP contribution in [0.5, 0.6) is 0 Å². The van der Waals surface area contributed by atoms with E-state index < -0.39 is 11.2 Å². The van der Waals surface area contributed by atoms with E-state index in [-0.39, 0.29) is 24.0 Å². The molecule has 8 nitrogen and oxygen atoms in total. The zero-order chi connectivity index (χ0) is 19.6. The molecule has 0 spiro atoms. The molecule has 0 radical (unpaired) electrons. The number of rotatable bonds is 6. The molecule has 0 fully saturated rings. The number of aryl methyl sites for hydroxylation is 2. The summed E-state index contributed by atoms with van der Waals surface area (Å²) in [6.45, 7) is 1.71. The van der Waals surface area contributed by atoms with Crippen molar-refractivity contribution in [3.8, 4) is 0 Å². The van der Waals surface area contributed by atoms with Crippen LogP contribution in [-0.2, 0) is 25.4 Å². The Morgan fingerprint density at radius 2 is 1.89 bits per heavy atom. The summed E-state index contributed by atoms with van der Waals surface area (Å²) in [6, 6.07) is 9.49. The van der Waals surface area contributed by atoms with Crippen molar-refractivity contribution in [2.75, 3.05) is 0 Å². The maximum Gasteiger partial charge on any atom is 0.332 e. The highest BCUT2D eigenvalue weighted by atomic mass is 16.2. The highest BCUT2D eigenvalue weighted by Crippen LogP contribution is 2.17. The summed E-state index contributed by atoms with van der Waals surface area (Å²) in [4.78, 5) is 41.9. The van der Waals surface area contributed by atoms with Crippen LogP contribution < -0.4 is 16.6 Å². The molecule has 2 aromatic heterocycles. The quantitative estimate of drug-likeness (QED) is 0.704. The van der Waals surface area contributed by atoms with Crippen molar-refractivity contribution in [3.63, 3.8) is 0 Å². The number of amides is 1. The van der Waals surface area contributed by atoms with Crippen molar-refractivity contribution in [2.45, 2.75) is 32.4 Å². The molecule has 0 unspecified atom stereocenters. The Morgan fingerprint density at radius 3 is 2.56 bits per heavy atom. The molecule has 0 saturated heterocycles. The van der Waals surface area contributed by atoms with Gasteiger partial charge >= 0.3 is 5.69 Å². The van der Waals surface area contributed by atoms with E-state index in [0.717, 1.165) is 23.0 Å². The average molecular weight is 369 g/mol. The average Bonchev–Trinajstić information content (AvgIpc) is 3.05. The largest absolute Gasteiger partial charge is 0.348 e. The van der Waals surface area contributed by atoms with E-state index in [1.54, 1.807) is 11.6 Å². The molecule has 1 aromatic carbocycles. The van der Waals surface area contributed by atoms with Gasteiger partial charge in [-0.3, -0.25) is 14.2 Å². The number of benzene rings is 1. The number of nitrogens with zero attached hydrogens (tertiary/aromatic N) is 4. The maximum atomic E-state index is 12.7. The van der Waals surface area contributed by atoms with E-state index in [9.17, 15) is 14.4 Å². The first kappa shape index (κ1) is 18.6. The molecule has 0 aliphatic rings. The molecular weight excluding hydrogens is 346 g/mol. The lowest BCUT2D eigenvalue weighted by molar-refractivity contribution is -0.122. The smallest absolute Gasteiger partial charge is 0.332 e. The van der Waals surface area contributed by atoms with E-state index in [2.05, 4.69) is 10.3 Å². The molecule has 0 bridgehead atoms. The normalized spacial score (nSPS) is 12.3. The summed E-state index contributed by atoms with van der Waals surface area (Å²) in [5, 5.41) is 2.94. The Kier molecular flexibility index (Phi) is 5.25. The van der Waals surface area contributed by atoms with E-state index in [1.165, 1.54) is 17.9 Å². The number of imidazole rings is 1. The lowest BCUT2D eigenvalue weighted by Gasteiger charge is -2.19. The molecule has 0 aliphatic heterocycles. The maximum absolute atomic E-state index is 12.7. The van der Waals surface area contributed by atoms with Gasteiger partial charge in [-0.05, 0) is 12.0 Å². The fourth-order valence-corrected chi connectivity index (χ4v) is 3.22. The summed E-state index contributed by atoms with van der Waals surface area (Å²) in [6.07, 6.45) is 3.13. The van der Waals surface area contributed by atoms with Crippen LogP contribution in [0.2, 0.25) is 0 Å². The third-order valence-electron chi connectivity index (χ3n) is 4.62. The van der Waals surface area contributed by atoms with Gasteiger partial charge in [0.2, 0.25) is 5.91 Å². The van der Waals surface area contributed by atoms with Gasteiger partial charge in [-0.25, -0.2) is 14.3 Å². The predicted molar refractivity (Wildman–Crippen MR) is 102 cm³/mol. The highest BCUT2D eigenvalue weighted by molar-refractivity contribution is 5.77. The zero-order valence-electron chi connectivity index (χ0n) is 15.7. The van der Waals surface area contributed by atoms with Gasteiger partial charge in [0.25, 0.3) is 5.56 Å². The summed E-state index contributed by atoms with van der Waals surface area (Å²) in [5.41, 5.74) is 0.508. The van der Waals surface area contributed by atoms with Gasteiger partial charge in [0.05, 0.1) is 12.4 Å². The molecule has 1 N–H and O–H groups in total. The van der Waals surface area contributed by atoms with Gasteiger partial charge in [-0.15, -0.1) is 0 Å². The molecule has 3 aromatic rings. The molecule has 0 saturated carbocycles. The predicted octanol–water partition coefficient (Wildman–Crippen LogP) is 1.09. The fourth-order valence-electron chi connectivity index (χ4n) is 3.22. The summed E-state index contributed by atoms with van der Waals surface area (Å²) in [7, 11) is 3.22. The lowest BCUT2D eigenvalue weighted by atomic mass is 10.0. The third-order valence-corrected chi connectivity index (χ3v) is 4.62. The number of carbonyl (C=O) groups excluding carboxylic acids is 1. The molecule has 3 rings (SSSR count). The summed E-state index contributed by atoms with van der Waals surface area (Å²) >= 11 is 0. The van der Waals surface area contributed by atoms with Crippen LogP contribution in [-0.4, -0.2) is 24.6 Å². The van der Waals surface area contributed by atoms with E-state index in [4.69, 9.17) is 0 Å². The minimum atomic E-state index is -0.562. The molecule has 142 valence electrons. The van der Waals surface area contributed by atoms with Crippen LogP contribution in [0.3, 0.4) is 0 Å². The van der Waals surface area contributed by atoms with E-state index >= 15 is 0 Å². The second-order valence-corrected chi connectivity index (χ2v) is 6.58. The standard InChI is InChI=1S/C19H23N5O3/c1-4-8-14(13-9-6-5-7-10-13)21-15(25)11-24-18(26)16-17(20-12-22(16)2)23(3)19(24)27/h5-7,9-10,12,14H,4,8,11H2,1-3H3,(H,21,25)/t14-/m1/s1. The molecule has 1 amide bonds. The van der Waals surface area contributed by atoms with Crippen molar-refractivity contribution in [1.82, 2.24) is 24.0 Å². The number of nitrogens with one attached hydrogen (secondary N) is 1. The van der Waals surface area contributed by atoms with Crippen molar-refractivity contribution in [3.05, 3.63) is 63.1 Å². The Bertz CT molecular complexity index is 1080. The first-order valence-electron chi connectivity index (χ1n) is 8.89. The van der Waals surface area contributed by atoms with Crippen LogP contribution in [0.25, 0.3) is 11.2 Å². The molecule has 8 heteroatoms.